The maximum Gasteiger partial charge on any atom is 0.0726 e. The lowest BCUT2D eigenvalue weighted by Crippen LogP contribution is -1.96. The molecule has 378 valence electrons. The number of thiophene rings is 2. The monoisotopic (exact) mass is 1070 g/mol. The Kier molecular flexibility index (Phi) is 9.12. The van der Waals surface area contributed by atoms with E-state index in [-0.39, 0.29) is 0 Å². The minimum absolute atomic E-state index is 1.19. The number of hydrogen-bond acceptors (Lipinski definition) is 2. The molecule has 82 heavy (non-hydrogen) atoms. The van der Waals surface area contributed by atoms with Crippen LogP contribution in [0.1, 0.15) is 0 Å². The predicted molar refractivity (Wildman–Crippen MR) is 357 cm³/mol. The van der Waals surface area contributed by atoms with Crippen LogP contribution < -0.4 is 0 Å². The van der Waals surface area contributed by atoms with Gasteiger partial charge in [0.15, 0.2) is 0 Å². The molecule has 0 aliphatic rings. The minimum Gasteiger partial charge on any atom is -0.307 e. The van der Waals surface area contributed by atoms with Crippen molar-refractivity contribution in [2.24, 2.45) is 0 Å². The Hall–Kier alpha value is -10.1. The summed E-state index contributed by atoms with van der Waals surface area (Å²) in [5.74, 6) is 0. The van der Waals surface area contributed by atoms with E-state index in [0.717, 1.165) is 0 Å². The fourth-order valence-corrected chi connectivity index (χ4v) is 17.2. The largest absolute Gasteiger partial charge is 0.307 e. The van der Waals surface area contributed by atoms with Crippen LogP contribution in [-0.4, -0.2) is 9.13 Å². The number of rotatable bonds is 4. The molecular formula is C78H44N2S2. The summed E-state index contributed by atoms with van der Waals surface area (Å²) in [4.78, 5) is 0. The molecule has 0 unspecified atom stereocenters. The summed E-state index contributed by atoms with van der Waals surface area (Å²) in [6, 6.07) is 100. The zero-order chi connectivity index (χ0) is 53.3. The van der Waals surface area contributed by atoms with Gasteiger partial charge in [0.05, 0.1) is 42.8 Å². The van der Waals surface area contributed by atoms with Crippen molar-refractivity contribution < 1.29 is 0 Å². The lowest BCUT2D eigenvalue weighted by Gasteiger charge is -2.18. The van der Waals surface area contributed by atoms with Crippen molar-refractivity contribution in [3.63, 3.8) is 0 Å². The molecule has 4 heterocycles. The van der Waals surface area contributed by atoms with Crippen LogP contribution in [0.3, 0.4) is 0 Å². The second-order valence-electron chi connectivity index (χ2n) is 22.1. The number of fused-ring (bicyclic) bond motifs is 24. The van der Waals surface area contributed by atoms with E-state index in [1.165, 1.54) is 182 Å². The highest BCUT2D eigenvalue weighted by Crippen LogP contribution is 2.53. The molecule has 0 saturated carbocycles. The molecule has 15 aromatic carbocycles. The molecule has 4 heteroatoms. The van der Waals surface area contributed by atoms with Gasteiger partial charge in [0.2, 0.25) is 0 Å². The lowest BCUT2D eigenvalue weighted by molar-refractivity contribution is 1.21. The summed E-state index contributed by atoms with van der Waals surface area (Å²) < 4.78 is 10.4. The van der Waals surface area contributed by atoms with E-state index in [1.54, 1.807) is 0 Å². The topological polar surface area (TPSA) is 9.86 Å². The Morgan fingerprint density at radius 1 is 0.232 bits per heavy atom. The van der Waals surface area contributed by atoms with Crippen molar-refractivity contribution in [2.75, 3.05) is 0 Å². The Morgan fingerprint density at radius 3 is 0.951 bits per heavy atom. The summed E-state index contributed by atoms with van der Waals surface area (Å²) in [7, 11) is 0. The third-order valence-corrected chi connectivity index (χ3v) is 20.4. The maximum absolute atomic E-state index is 2.59. The highest BCUT2D eigenvalue weighted by molar-refractivity contribution is 7.27. The van der Waals surface area contributed by atoms with Gasteiger partial charge >= 0.3 is 0 Å². The molecule has 0 radical (unpaired) electrons. The van der Waals surface area contributed by atoms with Gasteiger partial charge in [0.1, 0.15) is 0 Å². The molecule has 0 amide bonds. The summed E-state index contributed by atoms with van der Waals surface area (Å²) in [6.45, 7) is 0. The van der Waals surface area contributed by atoms with Crippen LogP contribution in [0.15, 0.2) is 267 Å². The van der Waals surface area contributed by atoms with Crippen molar-refractivity contribution in [2.45, 2.75) is 0 Å². The molecule has 0 saturated heterocycles. The van der Waals surface area contributed by atoms with Crippen LogP contribution in [0.5, 0.6) is 0 Å². The molecule has 19 rings (SSSR count). The van der Waals surface area contributed by atoms with Gasteiger partial charge < -0.3 is 9.13 Å². The summed E-state index contributed by atoms with van der Waals surface area (Å²) in [6.07, 6.45) is 0. The molecule has 0 bridgehead atoms. The zero-order valence-electron chi connectivity index (χ0n) is 44.1. The quantitative estimate of drug-likeness (QED) is 0.156. The van der Waals surface area contributed by atoms with E-state index in [0.29, 0.717) is 0 Å². The molecule has 2 nitrogen and oxygen atoms in total. The smallest absolute Gasteiger partial charge is 0.0726 e. The fraction of sp³-hybridized carbons (Fsp3) is 0. The van der Waals surface area contributed by atoms with Crippen molar-refractivity contribution in [1.29, 1.82) is 0 Å². The SMILES string of the molecule is c1ccc2c(-n3c4ccc(-c5c6ccccc6c(-c6ccc7c(c6)c6c8ccccc8c8c9ccccc9sc8c6n7-c6cccc7ccccc67)c6ccccc56)cc4c4c5ccccc5c5c6ccccc6sc5c43)cccc2c1. The maximum atomic E-state index is 2.59. The third-order valence-electron chi connectivity index (χ3n) is 18.0. The predicted octanol–water partition coefficient (Wildman–Crippen LogP) is 22.9. The lowest BCUT2D eigenvalue weighted by atomic mass is 9.85. The molecule has 19 aromatic rings. The van der Waals surface area contributed by atoms with E-state index in [1.807, 2.05) is 22.7 Å². The second kappa shape index (κ2) is 16.7. The Bertz CT molecular complexity index is 5590. The van der Waals surface area contributed by atoms with E-state index < -0.39 is 0 Å². The molecule has 0 fully saturated rings. The first-order valence-corrected chi connectivity index (χ1v) is 29.9. The minimum atomic E-state index is 1.19. The van der Waals surface area contributed by atoms with E-state index >= 15 is 0 Å². The van der Waals surface area contributed by atoms with Gasteiger partial charge in [-0.3, -0.25) is 0 Å². The molecule has 0 aliphatic carbocycles. The first-order valence-electron chi connectivity index (χ1n) is 28.2. The standard InChI is InChI=1S/C78H44N2S2/c1-3-23-49-45(19-1)21-17-35-63(49)79-65-41-39-47(43-61(65)71-55-29-9-11-31-57(55)73-59-33-13-15-37-67(59)81-77(73)75(71)79)69-51-25-5-7-27-53(51)70(54-28-8-6-26-52(54)69)48-40-42-66-62(44-48)72-56-30-10-12-32-58(56)74-60-34-14-16-38-68(60)82-78(74)76(72)80(66)64-36-18-22-46-20-2-4-24-50(46)64/h1-44H. The van der Waals surface area contributed by atoms with Gasteiger partial charge in [0, 0.05) is 63.3 Å². The second-order valence-corrected chi connectivity index (χ2v) is 24.2. The highest BCUT2D eigenvalue weighted by Gasteiger charge is 2.27. The average molecular weight is 1070 g/mol. The normalized spacial score (nSPS) is 12.4. The Balaban J connectivity index is 0.912. The number of hydrogen-bond donors (Lipinski definition) is 0. The molecule has 0 aliphatic heterocycles. The van der Waals surface area contributed by atoms with E-state index in [2.05, 4.69) is 276 Å². The molecule has 0 N–H and O–H groups in total. The molecular weight excluding hydrogens is 1030 g/mol. The summed E-state index contributed by atoms with van der Waals surface area (Å²) >= 11 is 3.84. The van der Waals surface area contributed by atoms with Gasteiger partial charge in [-0.2, -0.15) is 0 Å². The number of benzene rings is 15. The van der Waals surface area contributed by atoms with Crippen molar-refractivity contribution >= 4 is 171 Å². The van der Waals surface area contributed by atoms with Gasteiger partial charge in [-0.15, -0.1) is 22.7 Å². The van der Waals surface area contributed by atoms with Gasteiger partial charge in [-0.05, 0) is 125 Å². The van der Waals surface area contributed by atoms with E-state index in [4.69, 9.17) is 0 Å². The average Bonchev–Trinajstić information content (AvgIpc) is 2.74. The fourth-order valence-electron chi connectivity index (χ4n) is 14.7. The van der Waals surface area contributed by atoms with Crippen LogP contribution in [0, 0.1) is 0 Å². The number of aromatic nitrogens is 2. The van der Waals surface area contributed by atoms with Gasteiger partial charge in [0.25, 0.3) is 0 Å². The van der Waals surface area contributed by atoms with Gasteiger partial charge in [-0.1, -0.05) is 218 Å². The first-order chi connectivity index (χ1) is 40.7. The van der Waals surface area contributed by atoms with Crippen LogP contribution in [0.4, 0.5) is 0 Å². The number of nitrogens with zero attached hydrogens (tertiary/aromatic N) is 2. The zero-order valence-corrected chi connectivity index (χ0v) is 45.7. The van der Waals surface area contributed by atoms with Gasteiger partial charge in [-0.25, -0.2) is 0 Å². The first kappa shape index (κ1) is 44.7. The highest BCUT2D eigenvalue weighted by atomic mass is 32.1. The van der Waals surface area contributed by atoms with Crippen molar-refractivity contribution in [3.8, 4) is 33.6 Å². The molecule has 4 aromatic heterocycles. The van der Waals surface area contributed by atoms with E-state index in [9.17, 15) is 0 Å². The summed E-state index contributed by atoms with van der Waals surface area (Å²) in [5, 5.41) is 25.4. The Labute approximate surface area is 477 Å². The van der Waals surface area contributed by atoms with Crippen LogP contribution in [-0.2, 0) is 0 Å². The van der Waals surface area contributed by atoms with Crippen LogP contribution in [0.25, 0.3) is 182 Å². The molecule has 0 spiro atoms. The molecule has 0 atom stereocenters. The van der Waals surface area contributed by atoms with Crippen LogP contribution in [0.2, 0.25) is 0 Å². The third kappa shape index (κ3) is 5.96. The van der Waals surface area contributed by atoms with Crippen molar-refractivity contribution in [1.82, 2.24) is 9.13 Å². The van der Waals surface area contributed by atoms with Crippen molar-refractivity contribution in [3.05, 3.63) is 267 Å². The Morgan fingerprint density at radius 2 is 0.549 bits per heavy atom. The van der Waals surface area contributed by atoms with Crippen LogP contribution >= 0.6 is 22.7 Å². The summed E-state index contributed by atoms with van der Waals surface area (Å²) in [5.41, 5.74) is 12.2.